The first-order valence-electron chi connectivity index (χ1n) is 8.57. The predicted molar refractivity (Wildman–Crippen MR) is 98.9 cm³/mol. The maximum Gasteiger partial charge on any atom is 0.257 e. The SMILES string of the molecule is CCC1CCCCN1c1ccc(C(=O)Nc2ccc(F)c(Cl)c2)cn1. The molecule has 6 heteroatoms. The van der Waals surface area contributed by atoms with Crippen LogP contribution in [0.3, 0.4) is 0 Å². The second kappa shape index (κ2) is 7.83. The molecule has 0 saturated carbocycles. The molecule has 0 radical (unpaired) electrons. The van der Waals surface area contributed by atoms with Crippen LogP contribution in [0.2, 0.25) is 5.02 Å². The number of piperidine rings is 1. The van der Waals surface area contributed by atoms with Crippen LogP contribution in [0.5, 0.6) is 0 Å². The Morgan fingerprint density at radius 1 is 1.36 bits per heavy atom. The number of benzene rings is 1. The van der Waals surface area contributed by atoms with E-state index in [-0.39, 0.29) is 10.9 Å². The van der Waals surface area contributed by atoms with Crippen molar-refractivity contribution >= 4 is 29.0 Å². The number of nitrogens with one attached hydrogen (secondary N) is 1. The summed E-state index contributed by atoms with van der Waals surface area (Å²) in [5.41, 5.74) is 0.900. The fourth-order valence-corrected chi connectivity index (χ4v) is 3.37. The van der Waals surface area contributed by atoms with E-state index in [1.54, 1.807) is 12.3 Å². The Kier molecular flexibility index (Phi) is 5.53. The molecule has 1 aromatic carbocycles. The second-order valence-corrected chi connectivity index (χ2v) is 6.65. The van der Waals surface area contributed by atoms with Gasteiger partial charge in [0.05, 0.1) is 10.6 Å². The summed E-state index contributed by atoms with van der Waals surface area (Å²) in [6.07, 6.45) is 6.29. The molecular formula is C19H21ClFN3O. The van der Waals surface area contributed by atoms with Gasteiger partial charge in [-0.2, -0.15) is 0 Å². The van der Waals surface area contributed by atoms with Crippen molar-refractivity contribution in [1.82, 2.24) is 4.98 Å². The van der Waals surface area contributed by atoms with Gasteiger partial charge < -0.3 is 10.2 Å². The standard InChI is InChI=1S/C19H21ClFN3O/c1-2-15-5-3-4-10-24(15)18-9-6-13(12-22-18)19(25)23-14-7-8-17(21)16(20)11-14/h6-9,11-12,15H,2-5,10H2,1H3,(H,23,25). The van der Waals surface area contributed by atoms with Crippen LogP contribution < -0.4 is 10.2 Å². The van der Waals surface area contributed by atoms with Gasteiger partial charge in [0.25, 0.3) is 5.91 Å². The van der Waals surface area contributed by atoms with Gasteiger partial charge >= 0.3 is 0 Å². The predicted octanol–water partition coefficient (Wildman–Crippen LogP) is 4.90. The number of rotatable bonds is 4. The van der Waals surface area contributed by atoms with E-state index in [4.69, 9.17) is 11.6 Å². The fraction of sp³-hybridized carbons (Fsp3) is 0.368. The summed E-state index contributed by atoms with van der Waals surface area (Å²) in [5, 5.41) is 2.68. The van der Waals surface area contributed by atoms with Crippen LogP contribution in [-0.2, 0) is 0 Å². The highest BCUT2D eigenvalue weighted by atomic mass is 35.5. The quantitative estimate of drug-likeness (QED) is 0.842. The van der Waals surface area contributed by atoms with Gasteiger partial charge in [0, 0.05) is 24.5 Å². The smallest absolute Gasteiger partial charge is 0.257 e. The Morgan fingerprint density at radius 3 is 2.88 bits per heavy atom. The molecule has 3 rings (SSSR count). The third-order valence-electron chi connectivity index (χ3n) is 4.58. The number of amides is 1. The molecule has 1 aliphatic rings. The Balaban J connectivity index is 1.70. The number of aromatic nitrogens is 1. The number of nitrogens with zero attached hydrogens (tertiary/aromatic N) is 2. The summed E-state index contributed by atoms with van der Waals surface area (Å²) in [6, 6.07) is 8.25. The van der Waals surface area contributed by atoms with Crippen molar-refractivity contribution in [2.24, 2.45) is 0 Å². The number of halogens is 2. The molecule has 1 aromatic heterocycles. The molecule has 1 fully saturated rings. The largest absolute Gasteiger partial charge is 0.354 e. The molecule has 4 nitrogen and oxygen atoms in total. The van der Waals surface area contributed by atoms with Gasteiger partial charge in [-0.25, -0.2) is 9.37 Å². The second-order valence-electron chi connectivity index (χ2n) is 6.24. The first-order valence-corrected chi connectivity index (χ1v) is 8.95. The number of hydrogen-bond donors (Lipinski definition) is 1. The molecule has 2 heterocycles. The number of pyridine rings is 1. The molecule has 1 N–H and O–H groups in total. The first kappa shape index (κ1) is 17.7. The van der Waals surface area contributed by atoms with Crippen LogP contribution in [0.4, 0.5) is 15.9 Å². The van der Waals surface area contributed by atoms with Crippen molar-refractivity contribution in [2.45, 2.75) is 38.6 Å². The molecule has 1 saturated heterocycles. The van der Waals surface area contributed by atoms with Crippen LogP contribution >= 0.6 is 11.6 Å². The first-order chi connectivity index (χ1) is 12.1. The molecule has 132 valence electrons. The van der Waals surface area contributed by atoms with E-state index in [1.807, 2.05) is 6.07 Å². The zero-order valence-electron chi connectivity index (χ0n) is 14.1. The molecule has 1 aliphatic heterocycles. The van der Waals surface area contributed by atoms with Crippen LogP contribution in [0.15, 0.2) is 36.5 Å². The van der Waals surface area contributed by atoms with Crippen molar-refractivity contribution in [1.29, 1.82) is 0 Å². The average molecular weight is 362 g/mol. The van der Waals surface area contributed by atoms with Gasteiger partial charge in [-0.3, -0.25) is 4.79 Å². The van der Waals surface area contributed by atoms with Crippen molar-refractivity contribution in [3.05, 3.63) is 52.9 Å². The zero-order valence-corrected chi connectivity index (χ0v) is 14.9. The minimum atomic E-state index is -0.516. The fourth-order valence-electron chi connectivity index (χ4n) is 3.19. The van der Waals surface area contributed by atoms with Crippen LogP contribution in [0.1, 0.15) is 43.0 Å². The summed E-state index contributed by atoms with van der Waals surface area (Å²) in [5.74, 6) is 0.0954. The van der Waals surface area contributed by atoms with Gasteiger partial charge in [0.1, 0.15) is 11.6 Å². The van der Waals surface area contributed by atoms with Crippen molar-refractivity contribution in [2.75, 3.05) is 16.8 Å². The molecule has 1 amide bonds. The lowest BCUT2D eigenvalue weighted by atomic mass is 10.00. The summed E-state index contributed by atoms with van der Waals surface area (Å²) in [4.78, 5) is 19.1. The van der Waals surface area contributed by atoms with Gasteiger partial charge in [-0.1, -0.05) is 18.5 Å². The van der Waals surface area contributed by atoms with Gasteiger partial charge in [0.15, 0.2) is 0 Å². The molecule has 2 aromatic rings. The third kappa shape index (κ3) is 4.10. The van der Waals surface area contributed by atoms with Gasteiger partial charge in [-0.05, 0) is 56.0 Å². The van der Waals surface area contributed by atoms with Crippen molar-refractivity contribution < 1.29 is 9.18 Å². The van der Waals surface area contributed by atoms with Crippen molar-refractivity contribution in [3.8, 4) is 0 Å². The van der Waals surface area contributed by atoms with E-state index in [0.717, 1.165) is 18.8 Å². The van der Waals surface area contributed by atoms with E-state index in [0.29, 0.717) is 17.3 Å². The minimum Gasteiger partial charge on any atom is -0.354 e. The summed E-state index contributed by atoms with van der Waals surface area (Å²) in [7, 11) is 0. The van der Waals surface area contributed by atoms with Crippen LogP contribution in [-0.4, -0.2) is 23.5 Å². The summed E-state index contributed by atoms with van der Waals surface area (Å²) in [6.45, 7) is 3.20. The Labute approximate surface area is 152 Å². The number of carbonyl (C=O) groups excluding carboxylic acids is 1. The summed E-state index contributed by atoms with van der Waals surface area (Å²) >= 11 is 5.73. The molecule has 25 heavy (non-hydrogen) atoms. The third-order valence-corrected chi connectivity index (χ3v) is 4.87. The van der Waals surface area contributed by atoms with Gasteiger partial charge in [-0.15, -0.1) is 0 Å². The molecule has 0 bridgehead atoms. The van der Waals surface area contributed by atoms with Crippen LogP contribution in [0.25, 0.3) is 0 Å². The molecule has 0 aliphatic carbocycles. The van der Waals surface area contributed by atoms with E-state index in [2.05, 4.69) is 22.1 Å². The number of hydrogen-bond acceptors (Lipinski definition) is 3. The van der Waals surface area contributed by atoms with Crippen molar-refractivity contribution in [3.63, 3.8) is 0 Å². The number of carbonyl (C=O) groups is 1. The molecule has 0 spiro atoms. The lowest BCUT2D eigenvalue weighted by Crippen LogP contribution is -2.39. The highest BCUT2D eigenvalue weighted by Gasteiger charge is 2.22. The normalized spacial score (nSPS) is 17.4. The Morgan fingerprint density at radius 2 is 2.20 bits per heavy atom. The maximum absolute atomic E-state index is 13.2. The molecule has 1 unspecified atom stereocenters. The van der Waals surface area contributed by atoms with Gasteiger partial charge in [0.2, 0.25) is 0 Å². The van der Waals surface area contributed by atoms with Crippen LogP contribution in [0, 0.1) is 5.82 Å². The average Bonchev–Trinajstić information content (AvgIpc) is 2.65. The highest BCUT2D eigenvalue weighted by Crippen LogP contribution is 2.25. The number of anilines is 2. The highest BCUT2D eigenvalue weighted by molar-refractivity contribution is 6.31. The lowest BCUT2D eigenvalue weighted by molar-refractivity contribution is 0.102. The topological polar surface area (TPSA) is 45.2 Å². The van der Waals surface area contributed by atoms with E-state index in [1.165, 1.54) is 37.5 Å². The Hall–Kier alpha value is -2.14. The summed E-state index contributed by atoms with van der Waals surface area (Å²) < 4.78 is 13.2. The monoisotopic (exact) mass is 361 g/mol. The van der Waals surface area contributed by atoms with E-state index >= 15 is 0 Å². The lowest BCUT2D eigenvalue weighted by Gasteiger charge is -2.36. The van der Waals surface area contributed by atoms with E-state index in [9.17, 15) is 9.18 Å². The van der Waals surface area contributed by atoms with E-state index < -0.39 is 5.82 Å². The minimum absolute atomic E-state index is 0.0259. The molecular weight excluding hydrogens is 341 g/mol. The Bertz CT molecular complexity index is 751. The zero-order chi connectivity index (χ0) is 17.8. The maximum atomic E-state index is 13.2. The molecule has 1 atom stereocenters.